The largest absolute Gasteiger partial charge is 0.497 e. The molecular weight excluding hydrogens is 292 g/mol. The molecule has 1 aliphatic heterocycles. The van der Waals surface area contributed by atoms with Crippen LogP contribution in [-0.4, -0.2) is 39.3 Å². The van der Waals surface area contributed by atoms with Crippen LogP contribution in [0.3, 0.4) is 0 Å². The van der Waals surface area contributed by atoms with Crippen LogP contribution in [-0.2, 0) is 4.79 Å². The highest BCUT2D eigenvalue weighted by atomic mass is 35.5. The minimum absolute atomic E-state index is 0. The summed E-state index contributed by atoms with van der Waals surface area (Å²) in [5, 5.41) is 6.25. The lowest BCUT2D eigenvalue weighted by molar-refractivity contribution is -0.123. The second-order valence-corrected chi connectivity index (χ2v) is 4.98. The fourth-order valence-corrected chi connectivity index (χ4v) is 2.23. The number of rotatable bonds is 6. The fourth-order valence-electron chi connectivity index (χ4n) is 2.23. The highest BCUT2D eigenvalue weighted by Crippen LogP contribution is 2.16. The van der Waals surface area contributed by atoms with Crippen molar-refractivity contribution in [2.45, 2.75) is 12.8 Å². The number of benzene rings is 1. The third-order valence-corrected chi connectivity index (χ3v) is 3.42. The van der Waals surface area contributed by atoms with E-state index >= 15 is 0 Å². The molecule has 1 saturated heterocycles. The molecule has 1 unspecified atom stereocenters. The maximum atomic E-state index is 11.7. The van der Waals surface area contributed by atoms with E-state index in [-0.39, 0.29) is 24.9 Å². The Balaban J connectivity index is 0.00000220. The van der Waals surface area contributed by atoms with Crippen molar-refractivity contribution in [1.29, 1.82) is 0 Å². The van der Waals surface area contributed by atoms with Gasteiger partial charge in [0.05, 0.1) is 7.11 Å². The molecule has 2 rings (SSSR count). The molecule has 0 saturated carbocycles. The first-order valence-corrected chi connectivity index (χ1v) is 7.02. The summed E-state index contributed by atoms with van der Waals surface area (Å²) in [7, 11) is 1.61. The normalized spacial score (nSPS) is 17.5. The maximum absolute atomic E-state index is 11.7. The Labute approximate surface area is 131 Å². The molecule has 2 N–H and O–H groups in total. The van der Waals surface area contributed by atoms with Crippen LogP contribution < -0.4 is 20.1 Å². The Bertz CT molecular complexity index is 419. The zero-order chi connectivity index (χ0) is 14.2. The predicted octanol–water partition coefficient (Wildman–Crippen LogP) is 1.61. The number of nitrogens with one attached hydrogen (secondary N) is 2. The lowest BCUT2D eigenvalue weighted by atomic mass is 10.00. The molecule has 6 heteroatoms. The first-order valence-electron chi connectivity index (χ1n) is 7.02. The third-order valence-electron chi connectivity index (χ3n) is 3.42. The maximum Gasteiger partial charge on any atom is 0.257 e. The molecule has 0 aliphatic carbocycles. The minimum Gasteiger partial charge on any atom is -0.497 e. The van der Waals surface area contributed by atoms with Gasteiger partial charge in [-0.1, -0.05) is 0 Å². The van der Waals surface area contributed by atoms with Gasteiger partial charge in [0.2, 0.25) is 0 Å². The molecule has 1 atom stereocenters. The van der Waals surface area contributed by atoms with Crippen molar-refractivity contribution < 1.29 is 14.3 Å². The summed E-state index contributed by atoms with van der Waals surface area (Å²) in [6.45, 7) is 2.84. The zero-order valence-electron chi connectivity index (χ0n) is 12.3. The number of carbonyl (C=O) groups excluding carboxylic acids is 1. The molecule has 1 aliphatic rings. The zero-order valence-corrected chi connectivity index (χ0v) is 13.1. The third kappa shape index (κ3) is 6.23. The van der Waals surface area contributed by atoms with Gasteiger partial charge in [0.15, 0.2) is 6.61 Å². The number of halogens is 1. The average Bonchev–Trinajstić information content (AvgIpc) is 2.52. The standard InChI is InChI=1S/C15H22N2O3.ClH/c1-19-13-4-6-14(7-5-13)20-11-15(18)17-10-12-3-2-8-16-9-12;/h4-7,12,16H,2-3,8-11H2,1H3,(H,17,18);1H. The number of ether oxygens (including phenoxy) is 2. The number of methoxy groups -OCH3 is 1. The number of carbonyl (C=O) groups is 1. The Hall–Kier alpha value is -1.46. The smallest absolute Gasteiger partial charge is 0.257 e. The summed E-state index contributed by atoms with van der Waals surface area (Å²) < 4.78 is 10.5. The quantitative estimate of drug-likeness (QED) is 0.837. The molecule has 1 aromatic rings. The number of hydrogen-bond acceptors (Lipinski definition) is 4. The van der Waals surface area contributed by atoms with E-state index in [0.717, 1.165) is 25.4 Å². The van der Waals surface area contributed by atoms with E-state index in [2.05, 4.69) is 10.6 Å². The lowest BCUT2D eigenvalue weighted by Gasteiger charge is -2.22. The van der Waals surface area contributed by atoms with Gasteiger partial charge in [0, 0.05) is 6.54 Å². The second-order valence-electron chi connectivity index (χ2n) is 4.98. The van der Waals surface area contributed by atoms with E-state index in [9.17, 15) is 4.79 Å². The minimum atomic E-state index is -0.0774. The highest BCUT2D eigenvalue weighted by Gasteiger charge is 2.13. The Kier molecular flexibility index (Phi) is 7.93. The number of piperidine rings is 1. The molecule has 0 bridgehead atoms. The molecule has 0 radical (unpaired) electrons. The van der Waals surface area contributed by atoms with Crippen LogP contribution in [0.1, 0.15) is 12.8 Å². The van der Waals surface area contributed by atoms with E-state index < -0.39 is 0 Å². The first kappa shape index (κ1) is 17.6. The molecule has 21 heavy (non-hydrogen) atoms. The van der Waals surface area contributed by atoms with Crippen molar-refractivity contribution in [3.63, 3.8) is 0 Å². The summed E-state index contributed by atoms with van der Waals surface area (Å²) in [5.74, 6) is 1.90. The van der Waals surface area contributed by atoms with Crippen molar-refractivity contribution in [2.24, 2.45) is 5.92 Å². The van der Waals surface area contributed by atoms with Crippen LogP contribution in [0.4, 0.5) is 0 Å². The highest BCUT2D eigenvalue weighted by molar-refractivity contribution is 5.85. The van der Waals surface area contributed by atoms with Crippen molar-refractivity contribution >= 4 is 18.3 Å². The van der Waals surface area contributed by atoms with Crippen LogP contribution in [0.25, 0.3) is 0 Å². The van der Waals surface area contributed by atoms with Gasteiger partial charge in [0.1, 0.15) is 11.5 Å². The van der Waals surface area contributed by atoms with E-state index in [4.69, 9.17) is 9.47 Å². The van der Waals surface area contributed by atoms with Gasteiger partial charge in [-0.2, -0.15) is 0 Å². The molecule has 0 spiro atoms. The van der Waals surface area contributed by atoms with Gasteiger partial charge in [-0.15, -0.1) is 12.4 Å². The van der Waals surface area contributed by atoms with Crippen LogP contribution in [0.15, 0.2) is 24.3 Å². The van der Waals surface area contributed by atoms with E-state index in [1.54, 1.807) is 31.4 Å². The summed E-state index contributed by atoms with van der Waals surface area (Å²) >= 11 is 0. The van der Waals surface area contributed by atoms with Crippen LogP contribution in [0.2, 0.25) is 0 Å². The molecule has 0 aromatic heterocycles. The van der Waals surface area contributed by atoms with Gasteiger partial charge in [-0.3, -0.25) is 4.79 Å². The Morgan fingerprint density at radius 2 is 2.05 bits per heavy atom. The van der Waals surface area contributed by atoms with Crippen LogP contribution in [0.5, 0.6) is 11.5 Å². The van der Waals surface area contributed by atoms with Gasteiger partial charge < -0.3 is 20.1 Å². The molecule has 1 heterocycles. The molecule has 1 fully saturated rings. The van der Waals surface area contributed by atoms with Crippen molar-refractivity contribution in [3.8, 4) is 11.5 Å². The summed E-state index contributed by atoms with van der Waals surface area (Å²) in [6.07, 6.45) is 2.36. The van der Waals surface area contributed by atoms with E-state index in [0.29, 0.717) is 11.7 Å². The lowest BCUT2D eigenvalue weighted by Crippen LogP contribution is -2.39. The van der Waals surface area contributed by atoms with Crippen molar-refractivity contribution in [3.05, 3.63) is 24.3 Å². The van der Waals surface area contributed by atoms with Crippen molar-refractivity contribution in [1.82, 2.24) is 10.6 Å². The fraction of sp³-hybridized carbons (Fsp3) is 0.533. The monoisotopic (exact) mass is 314 g/mol. The Morgan fingerprint density at radius 3 is 2.67 bits per heavy atom. The SMILES string of the molecule is COc1ccc(OCC(=O)NCC2CCCNC2)cc1.Cl. The predicted molar refractivity (Wildman–Crippen MR) is 84.3 cm³/mol. The van der Waals surface area contributed by atoms with Crippen LogP contribution in [0, 0.1) is 5.92 Å². The molecule has 1 amide bonds. The Morgan fingerprint density at radius 1 is 1.33 bits per heavy atom. The van der Waals surface area contributed by atoms with Gasteiger partial charge in [0.25, 0.3) is 5.91 Å². The van der Waals surface area contributed by atoms with E-state index in [1.807, 2.05) is 0 Å². The van der Waals surface area contributed by atoms with Gasteiger partial charge >= 0.3 is 0 Å². The first-order chi connectivity index (χ1) is 9.78. The van der Waals surface area contributed by atoms with Crippen molar-refractivity contribution in [2.75, 3.05) is 33.4 Å². The second kappa shape index (κ2) is 9.47. The summed E-state index contributed by atoms with van der Waals surface area (Å²) in [4.78, 5) is 11.7. The van der Waals surface area contributed by atoms with E-state index in [1.165, 1.54) is 12.8 Å². The average molecular weight is 315 g/mol. The number of amides is 1. The van der Waals surface area contributed by atoms with Crippen LogP contribution >= 0.6 is 12.4 Å². The van der Waals surface area contributed by atoms with Gasteiger partial charge in [-0.25, -0.2) is 0 Å². The topological polar surface area (TPSA) is 59.6 Å². The van der Waals surface area contributed by atoms with Gasteiger partial charge in [-0.05, 0) is 56.1 Å². The molecule has 118 valence electrons. The summed E-state index contributed by atoms with van der Waals surface area (Å²) in [6, 6.07) is 7.19. The molecule has 1 aromatic carbocycles. The molecular formula is C15H23ClN2O3. The number of hydrogen-bond donors (Lipinski definition) is 2. The molecule has 5 nitrogen and oxygen atoms in total. The summed E-state index contributed by atoms with van der Waals surface area (Å²) in [5.41, 5.74) is 0.